The van der Waals surface area contributed by atoms with Gasteiger partial charge in [-0.3, -0.25) is 19.8 Å². The first kappa shape index (κ1) is 11.7. The molecule has 0 aliphatic carbocycles. The predicted octanol–water partition coefficient (Wildman–Crippen LogP) is 2.03. The average molecular weight is 296 g/mol. The first-order chi connectivity index (χ1) is 8.06. The number of nitrogens with one attached hydrogen (secondary N) is 3. The summed E-state index contributed by atoms with van der Waals surface area (Å²) in [7, 11) is 0. The Morgan fingerprint density at radius 2 is 2.06 bits per heavy atom. The Morgan fingerprint density at radius 3 is 2.65 bits per heavy atom. The summed E-state index contributed by atoms with van der Waals surface area (Å²) < 4.78 is 0.795. The summed E-state index contributed by atoms with van der Waals surface area (Å²) in [4.78, 5) is 22.6. The minimum Gasteiger partial charge on any atom is -0.320 e. The van der Waals surface area contributed by atoms with Gasteiger partial charge in [-0.2, -0.15) is 0 Å². The van der Waals surface area contributed by atoms with Crippen molar-refractivity contribution < 1.29 is 4.79 Å². The fourth-order valence-electron chi connectivity index (χ4n) is 1.37. The smallest absolute Gasteiger partial charge is 0.273 e. The molecule has 0 fully saturated rings. The lowest BCUT2D eigenvalue weighted by atomic mass is 10.2. The van der Waals surface area contributed by atoms with Crippen LogP contribution in [0.5, 0.6) is 0 Å². The summed E-state index contributed by atoms with van der Waals surface area (Å²) in [5.74, 6) is -0.368. The minimum atomic E-state index is -0.368. The highest BCUT2D eigenvalue weighted by atomic mass is 79.9. The highest BCUT2D eigenvalue weighted by molar-refractivity contribution is 9.10. The third kappa shape index (κ3) is 2.65. The second kappa shape index (κ2) is 4.58. The zero-order valence-electron chi connectivity index (χ0n) is 9.00. The third-order valence-electron chi connectivity index (χ3n) is 2.21. The molecule has 1 heterocycles. The van der Waals surface area contributed by atoms with Gasteiger partial charge in [0.05, 0.1) is 5.69 Å². The van der Waals surface area contributed by atoms with E-state index in [1.807, 2.05) is 19.1 Å². The van der Waals surface area contributed by atoms with Crippen LogP contribution in [0.1, 0.15) is 16.1 Å². The maximum absolute atomic E-state index is 11.7. The Hall–Kier alpha value is -1.82. The van der Waals surface area contributed by atoms with Crippen LogP contribution in [-0.2, 0) is 0 Å². The highest BCUT2D eigenvalue weighted by Gasteiger charge is 2.10. The summed E-state index contributed by atoms with van der Waals surface area (Å²) in [6, 6.07) is 6.79. The summed E-state index contributed by atoms with van der Waals surface area (Å²) in [5, 5.41) is 7.49. The van der Waals surface area contributed by atoms with E-state index in [4.69, 9.17) is 0 Å². The van der Waals surface area contributed by atoms with Crippen molar-refractivity contribution in [3.8, 4) is 0 Å². The molecule has 1 aromatic heterocycles. The number of aromatic nitrogens is 2. The number of H-pyrrole nitrogens is 2. The first-order valence-corrected chi connectivity index (χ1v) is 5.71. The highest BCUT2D eigenvalue weighted by Crippen LogP contribution is 2.23. The van der Waals surface area contributed by atoms with Gasteiger partial charge in [-0.25, -0.2) is 0 Å². The summed E-state index contributed by atoms with van der Waals surface area (Å²) in [5.41, 5.74) is 1.60. The molecule has 6 heteroatoms. The molecule has 0 atom stereocenters. The van der Waals surface area contributed by atoms with E-state index in [9.17, 15) is 9.59 Å². The van der Waals surface area contributed by atoms with E-state index in [-0.39, 0.29) is 17.2 Å². The van der Waals surface area contributed by atoms with E-state index in [2.05, 4.69) is 31.4 Å². The monoisotopic (exact) mass is 295 g/mol. The Morgan fingerprint density at radius 1 is 1.29 bits per heavy atom. The zero-order chi connectivity index (χ0) is 12.4. The number of hydrogen-bond donors (Lipinski definition) is 3. The summed E-state index contributed by atoms with van der Waals surface area (Å²) >= 11 is 3.36. The Kier molecular flexibility index (Phi) is 3.14. The molecule has 1 aromatic carbocycles. The van der Waals surface area contributed by atoms with E-state index < -0.39 is 0 Å². The Bertz CT molecular complexity index is 615. The zero-order valence-corrected chi connectivity index (χ0v) is 10.6. The number of aromatic amines is 2. The minimum absolute atomic E-state index is 0.197. The van der Waals surface area contributed by atoms with Crippen molar-refractivity contribution in [2.75, 3.05) is 5.32 Å². The molecule has 0 aliphatic rings. The molecule has 0 unspecified atom stereocenters. The van der Waals surface area contributed by atoms with E-state index in [0.29, 0.717) is 5.69 Å². The fourth-order valence-corrected chi connectivity index (χ4v) is 1.96. The van der Waals surface area contributed by atoms with Crippen LogP contribution in [0.3, 0.4) is 0 Å². The van der Waals surface area contributed by atoms with Crippen molar-refractivity contribution in [1.82, 2.24) is 10.2 Å². The van der Waals surface area contributed by atoms with Gasteiger partial charge in [-0.15, -0.1) is 0 Å². The molecule has 2 aromatic rings. The number of rotatable bonds is 2. The second-order valence-corrected chi connectivity index (χ2v) is 4.46. The van der Waals surface area contributed by atoms with Gasteiger partial charge in [-0.1, -0.05) is 6.07 Å². The van der Waals surface area contributed by atoms with Gasteiger partial charge in [0.25, 0.3) is 11.5 Å². The van der Waals surface area contributed by atoms with Crippen LogP contribution in [0.25, 0.3) is 0 Å². The SMILES string of the molecule is Cc1ccc(NC(=O)c2cc(=O)[nH][nH]2)c(Br)c1. The van der Waals surface area contributed by atoms with Gasteiger partial charge in [0.15, 0.2) is 0 Å². The largest absolute Gasteiger partial charge is 0.320 e. The van der Waals surface area contributed by atoms with Crippen molar-refractivity contribution >= 4 is 27.5 Å². The quantitative estimate of drug-likeness (QED) is 0.793. The van der Waals surface area contributed by atoms with Gasteiger partial charge in [-0.05, 0) is 40.5 Å². The van der Waals surface area contributed by atoms with Crippen LogP contribution >= 0.6 is 15.9 Å². The van der Waals surface area contributed by atoms with Crippen LogP contribution in [0.2, 0.25) is 0 Å². The third-order valence-corrected chi connectivity index (χ3v) is 2.87. The first-order valence-electron chi connectivity index (χ1n) is 4.91. The number of carbonyl (C=O) groups is 1. The molecule has 88 valence electrons. The predicted molar refractivity (Wildman–Crippen MR) is 68.2 cm³/mol. The Balaban J connectivity index is 2.21. The van der Waals surface area contributed by atoms with Crippen LogP contribution in [0.15, 0.2) is 33.5 Å². The van der Waals surface area contributed by atoms with Crippen molar-refractivity contribution in [2.45, 2.75) is 6.92 Å². The van der Waals surface area contributed by atoms with Crippen LogP contribution < -0.4 is 10.9 Å². The number of halogens is 1. The molecular weight excluding hydrogens is 286 g/mol. The normalized spacial score (nSPS) is 10.2. The maximum atomic E-state index is 11.7. The maximum Gasteiger partial charge on any atom is 0.273 e. The van der Waals surface area contributed by atoms with Crippen molar-refractivity contribution in [3.63, 3.8) is 0 Å². The summed E-state index contributed by atoms with van der Waals surface area (Å²) in [6.07, 6.45) is 0. The second-order valence-electron chi connectivity index (χ2n) is 3.61. The number of anilines is 1. The molecule has 1 amide bonds. The van der Waals surface area contributed by atoms with Crippen molar-refractivity contribution in [3.05, 3.63) is 50.3 Å². The van der Waals surface area contributed by atoms with Crippen molar-refractivity contribution in [1.29, 1.82) is 0 Å². The number of benzene rings is 1. The number of amides is 1. The van der Waals surface area contributed by atoms with E-state index in [1.54, 1.807) is 6.07 Å². The molecule has 17 heavy (non-hydrogen) atoms. The molecule has 0 radical (unpaired) electrons. The van der Waals surface area contributed by atoms with Crippen molar-refractivity contribution in [2.24, 2.45) is 0 Å². The summed E-state index contributed by atoms with van der Waals surface area (Å²) in [6.45, 7) is 1.96. The van der Waals surface area contributed by atoms with Crippen LogP contribution in [-0.4, -0.2) is 16.1 Å². The molecule has 0 aliphatic heterocycles. The standard InChI is InChI=1S/C11H10BrN3O2/c1-6-2-3-8(7(12)4-6)13-11(17)9-5-10(16)15-14-9/h2-5H,1H3,(H,13,17)(H2,14,15,16). The average Bonchev–Trinajstić information content (AvgIpc) is 2.69. The van der Waals surface area contributed by atoms with Gasteiger partial charge in [0.1, 0.15) is 5.69 Å². The van der Waals surface area contributed by atoms with Crippen LogP contribution in [0, 0.1) is 6.92 Å². The molecule has 0 saturated carbocycles. The van der Waals surface area contributed by atoms with E-state index in [1.165, 1.54) is 6.07 Å². The van der Waals surface area contributed by atoms with E-state index in [0.717, 1.165) is 10.0 Å². The Labute approximate surface area is 105 Å². The number of hydrogen-bond acceptors (Lipinski definition) is 2. The van der Waals surface area contributed by atoms with Gasteiger partial charge >= 0.3 is 0 Å². The molecule has 0 spiro atoms. The van der Waals surface area contributed by atoms with Gasteiger partial charge in [0, 0.05) is 10.5 Å². The molecule has 3 N–H and O–H groups in total. The molecular formula is C11H10BrN3O2. The number of carbonyl (C=O) groups excluding carboxylic acids is 1. The lowest BCUT2D eigenvalue weighted by Crippen LogP contribution is -2.12. The lowest BCUT2D eigenvalue weighted by Gasteiger charge is -2.06. The molecule has 0 saturated heterocycles. The van der Waals surface area contributed by atoms with Gasteiger partial charge < -0.3 is 5.32 Å². The van der Waals surface area contributed by atoms with E-state index >= 15 is 0 Å². The molecule has 5 nitrogen and oxygen atoms in total. The molecule has 2 rings (SSSR count). The van der Waals surface area contributed by atoms with Gasteiger partial charge in [0.2, 0.25) is 0 Å². The lowest BCUT2D eigenvalue weighted by molar-refractivity contribution is 0.102. The molecule has 0 bridgehead atoms. The van der Waals surface area contributed by atoms with Crippen LogP contribution in [0.4, 0.5) is 5.69 Å². The number of aryl methyl sites for hydroxylation is 1. The topological polar surface area (TPSA) is 77.8 Å². The fraction of sp³-hybridized carbons (Fsp3) is 0.0909.